The molecule has 0 unspecified atom stereocenters. The number of sulfonamides is 1. The maximum atomic E-state index is 13.2. The van der Waals surface area contributed by atoms with Crippen molar-refractivity contribution < 1.29 is 13.2 Å². The monoisotopic (exact) mass is 410 g/mol. The Bertz CT molecular complexity index is 1130. The van der Waals surface area contributed by atoms with E-state index in [0.717, 1.165) is 28.2 Å². The SMILES string of the molecule is CC[C@@H](C(=O)Nc1cccc2ccccc12)N(c1cc(C)cc(C)c1)S(C)(=O)=O. The van der Waals surface area contributed by atoms with Gasteiger partial charge in [-0.25, -0.2) is 8.42 Å². The predicted octanol–water partition coefficient (Wildman–Crippen LogP) is 4.64. The molecule has 0 spiro atoms. The zero-order valence-electron chi connectivity index (χ0n) is 17.1. The van der Waals surface area contributed by atoms with E-state index in [9.17, 15) is 13.2 Å². The normalized spacial score (nSPS) is 12.6. The van der Waals surface area contributed by atoms with Crippen molar-refractivity contribution in [2.75, 3.05) is 15.9 Å². The van der Waals surface area contributed by atoms with Gasteiger partial charge in [-0.15, -0.1) is 0 Å². The van der Waals surface area contributed by atoms with Crippen molar-refractivity contribution in [1.29, 1.82) is 0 Å². The minimum absolute atomic E-state index is 0.344. The Morgan fingerprint density at radius 1 is 1.00 bits per heavy atom. The van der Waals surface area contributed by atoms with Gasteiger partial charge in [0.1, 0.15) is 6.04 Å². The summed E-state index contributed by atoms with van der Waals surface area (Å²) >= 11 is 0. The van der Waals surface area contributed by atoms with Gasteiger partial charge >= 0.3 is 0 Å². The molecule has 0 aliphatic heterocycles. The standard InChI is InChI=1S/C23H26N2O3S/c1-5-22(25(29(4,27)28)19-14-16(2)13-17(3)15-19)23(26)24-21-12-8-10-18-9-6-7-11-20(18)21/h6-15,22H,5H2,1-4H3,(H,24,26)/t22-/m0/s1. The zero-order chi connectivity index (χ0) is 21.2. The number of anilines is 2. The molecule has 0 bridgehead atoms. The van der Waals surface area contributed by atoms with Gasteiger partial charge in [0.05, 0.1) is 11.9 Å². The molecule has 0 aliphatic rings. The molecule has 0 saturated carbocycles. The fraction of sp³-hybridized carbons (Fsp3) is 0.261. The Morgan fingerprint density at radius 2 is 1.62 bits per heavy atom. The van der Waals surface area contributed by atoms with Crippen molar-refractivity contribution >= 4 is 38.1 Å². The average molecular weight is 411 g/mol. The van der Waals surface area contributed by atoms with Crippen LogP contribution in [0, 0.1) is 13.8 Å². The summed E-state index contributed by atoms with van der Waals surface area (Å²) in [7, 11) is -3.67. The van der Waals surface area contributed by atoms with E-state index in [-0.39, 0.29) is 5.91 Å². The van der Waals surface area contributed by atoms with E-state index >= 15 is 0 Å². The first kappa shape index (κ1) is 20.9. The Labute approximate surface area is 172 Å². The molecule has 1 atom stereocenters. The fourth-order valence-electron chi connectivity index (χ4n) is 3.69. The van der Waals surface area contributed by atoms with Crippen LogP contribution < -0.4 is 9.62 Å². The summed E-state index contributed by atoms with van der Waals surface area (Å²) in [6.45, 7) is 5.64. The van der Waals surface area contributed by atoms with Crippen molar-refractivity contribution in [3.05, 3.63) is 71.8 Å². The molecule has 0 radical (unpaired) electrons. The third-order valence-corrected chi connectivity index (χ3v) is 6.02. The highest BCUT2D eigenvalue weighted by Crippen LogP contribution is 2.27. The zero-order valence-corrected chi connectivity index (χ0v) is 18.0. The largest absolute Gasteiger partial charge is 0.324 e. The summed E-state index contributed by atoms with van der Waals surface area (Å²) in [6, 6.07) is 18.1. The quantitative estimate of drug-likeness (QED) is 0.644. The molecule has 1 N–H and O–H groups in total. The van der Waals surface area contributed by atoms with Crippen molar-refractivity contribution in [3.8, 4) is 0 Å². The van der Waals surface area contributed by atoms with Gasteiger partial charge in [-0.1, -0.05) is 49.4 Å². The van der Waals surface area contributed by atoms with Crippen LogP contribution in [0.2, 0.25) is 0 Å². The van der Waals surface area contributed by atoms with Gasteiger partial charge in [-0.2, -0.15) is 0 Å². The molecule has 0 saturated heterocycles. The molecule has 0 aliphatic carbocycles. The molecule has 0 heterocycles. The molecule has 152 valence electrons. The molecule has 29 heavy (non-hydrogen) atoms. The lowest BCUT2D eigenvalue weighted by molar-refractivity contribution is -0.117. The Morgan fingerprint density at radius 3 is 2.24 bits per heavy atom. The molecule has 0 aromatic heterocycles. The molecule has 3 rings (SSSR count). The highest BCUT2D eigenvalue weighted by Gasteiger charge is 2.32. The third-order valence-electron chi connectivity index (χ3n) is 4.84. The maximum absolute atomic E-state index is 13.2. The van der Waals surface area contributed by atoms with E-state index in [2.05, 4.69) is 5.32 Å². The van der Waals surface area contributed by atoms with Crippen LogP contribution in [0.15, 0.2) is 60.7 Å². The third kappa shape index (κ3) is 4.59. The number of carbonyl (C=O) groups is 1. The molecule has 5 nitrogen and oxygen atoms in total. The van der Waals surface area contributed by atoms with Crippen LogP contribution in [0.25, 0.3) is 10.8 Å². The molecule has 3 aromatic rings. The number of amides is 1. The lowest BCUT2D eigenvalue weighted by Crippen LogP contribution is -2.47. The Hall–Kier alpha value is -2.86. The lowest BCUT2D eigenvalue weighted by atomic mass is 10.1. The molecular weight excluding hydrogens is 384 g/mol. The molecular formula is C23H26N2O3S. The van der Waals surface area contributed by atoms with Crippen LogP contribution in [0.3, 0.4) is 0 Å². The van der Waals surface area contributed by atoms with Gasteiger partial charge in [0, 0.05) is 11.1 Å². The second kappa shape index (κ2) is 8.25. The Balaban J connectivity index is 2.01. The van der Waals surface area contributed by atoms with Gasteiger partial charge in [-0.3, -0.25) is 9.10 Å². The van der Waals surface area contributed by atoms with Gasteiger partial charge in [0.15, 0.2) is 0 Å². The second-order valence-electron chi connectivity index (χ2n) is 7.34. The number of nitrogens with one attached hydrogen (secondary N) is 1. The van der Waals surface area contributed by atoms with E-state index in [1.807, 2.05) is 69.3 Å². The first-order valence-electron chi connectivity index (χ1n) is 9.57. The fourth-order valence-corrected chi connectivity index (χ4v) is 4.88. The summed E-state index contributed by atoms with van der Waals surface area (Å²) in [5, 5.41) is 4.86. The van der Waals surface area contributed by atoms with Crippen molar-refractivity contribution in [2.24, 2.45) is 0 Å². The smallest absolute Gasteiger partial charge is 0.248 e. The minimum Gasteiger partial charge on any atom is -0.324 e. The number of fused-ring (bicyclic) bond motifs is 1. The van der Waals surface area contributed by atoms with Gasteiger partial charge < -0.3 is 5.32 Å². The van der Waals surface area contributed by atoms with E-state index in [1.54, 1.807) is 12.1 Å². The first-order chi connectivity index (χ1) is 13.7. The molecule has 0 fully saturated rings. The number of nitrogens with zero attached hydrogens (tertiary/aromatic N) is 1. The van der Waals surface area contributed by atoms with Crippen molar-refractivity contribution in [1.82, 2.24) is 0 Å². The highest BCUT2D eigenvalue weighted by atomic mass is 32.2. The number of hydrogen-bond donors (Lipinski definition) is 1. The first-order valence-corrected chi connectivity index (χ1v) is 11.4. The molecule has 3 aromatic carbocycles. The maximum Gasteiger partial charge on any atom is 0.248 e. The van der Waals surface area contributed by atoms with E-state index < -0.39 is 16.1 Å². The lowest BCUT2D eigenvalue weighted by Gasteiger charge is -2.30. The summed E-state index contributed by atoms with van der Waals surface area (Å²) < 4.78 is 26.6. The van der Waals surface area contributed by atoms with Crippen LogP contribution >= 0.6 is 0 Å². The van der Waals surface area contributed by atoms with Gasteiger partial charge in [-0.05, 0) is 55.0 Å². The topological polar surface area (TPSA) is 66.5 Å². The second-order valence-corrected chi connectivity index (χ2v) is 9.20. The summed E-state index contributed by atoms with van der Waals surface area (Å²) in [6.07, 6.45) is 1.48. The number of hydrogen-bond acceptors (Lipinski definition) is 3. The summed E-state index contributed by atoms with van der Waals surface area (Å²) in [5.74, 6) is -0.353. The molecule has 1 amide bonds. The number of carbonyl (C=O) groups excluding carboxylic acids is 1. The van der Waals surface area contributed by atoms with Gasteiger partial charge in [0.25, 0.3) is 0 Å². The van der Waals surface area contributed by atoms with Crippen molar-refractivity contribution in [3.63, 3.8) is 0 Å². The van der Waals surface area contributed by atoms with E-state index in [4.69, 9.17) is 0 Å². The number of rotatable bonds is 6. The molecule has 6 heteroatoms. The number of benzene rings is 3. The summed E-state index contributed by atoms with van der Waals surface area (Å²) in [5.41, 5.74) is 3.06. The minimum atomic E-state index is -3.67. The van der Waals surface area contributed by atoms with Crippen molar-refractivity contribution in [2.45, 2.75) is 33.2 Å². The highest BCUT2D eigenvalue weighted by molar-refractivity contribution is 7.92. The number of aryl methyl sites for hydroxylation is 2. The van der Waals surface area contributed by atoms with Crippen LogP contribution in [0.5, 0.6) is 0 Å². The summed E-state index contributed by atoms with van der Waals surface area (Å²) in [4.78, 5) is 13.2. The van der Waals surface area contributed by atoms with E-state index in [0.29, 0.717) is 17.8 Å². The van der Waals surface area contributed by atoms with Crippen LogP contribution in [0.1, 0.15) is 24.5 Å². The average Bonchev–Trinajstić information content (AvgIpc) is 2.64. The van der Waals surface area contributed by atoms with E-state index in [1.165, 1.54) is 4.31 Å². The van der Waals surface area contributed by atoms with Crippen LogP contribution in [-0.2, 0) is 14.8 Å². The van der Waals surface area contributed by atoms with Crippen LogP contribution in [0.4, 0.5) is 11.4 Å². The van der Waals surface area contributed by atoms with Crippen LogP contribution in [-0.4, -0.2) is 26.6 Å². The predicted molar refractivity (Wildman–Crippen MR) is 120 cm³/mol. The van der Waals surface area contributed by atoms with Gasteiger partial charge in [0.2, 0.25) is 15.9 Å². The Kier molecular flexibility index (Phi) is 5.94.